The number of para-hydroxylation sites is 1. The molecule has 4 rings (SSSR count). The summed E-state index contributed by atoms with van der Waals surface area (Å²) in [5.74, 6) is 0.0502. The number of morpholine rings is 1. The molecule has 0 aliphatic carbocycles. The number of hydrogen-bond acceptors (Lipinski definition) is 6. The lowest BCUT2D eigenvalue weighted by Gasteiger charge is -2.37. The monoisotopic (exact) mass is 380 g/mol. The molecule has 1 amide bonds. The number of nitrogens with one attached hydrogen (secondary N) is 2. The van der Waals surface area contributed by atoms with Crippen molar-refractivity contribution in [2.75, 3.05) is 44.7 Å². The zero-order valence-corrected chi connectivity index (χ0v) is 15.4. The molecule has 8 nitrogen and oxygen atoms in total. The van der Waals surface area contributed by atoms with Gasteiger partial charge < -0.3 is 15.0 Å². The number of anilines is 1. The third kappa shape index (κ3) is 3.44. The quantitative estimate of drug-likeness (QED) is 0.770. The lowest BCUT2D eigenvalue weighted by Crippen LogP contribution is -2.57. The standard InChI is InChI=1S/C17H24N4O4S/c22-16(12-20-8-10-25-11-9-20)21-7-3-5-14(21)17-18-13-4-1-2-6-15(13)26(23,24)19-17/h1-2,4,6,14,17-19H,3,5,7-12H2. The summed E-state index contributed by atoms with van der Waals surface area (Å²) in [5, 5.41) is 3.27. The topological polar surface area (TPSA) is 91.0 Å². The fourth-order valence-electron chi connectivity index (χ4n) is 3.91. The van der Waals surface area contributed by atoms with Crippen LogP contribution in [0.25, 0.3) is 0 Å². The predicted octanol–water partition coefficient (Wildman–Crippen LogP) is 0.0397. The highest BCUT2D eigenvalue weighted by molar-refractivity contribution is 7.89. The van der Waals surface area contributed by atoms with E-state index in [1.165, 1.54) is 0 Å². The van der Waals surface area contributed by atoms with E-state index in [-0.39, 0.29) is 16.8 Å². The van der Waals surface area contributed by atoms with Crippen LogP contribution in [-0.2, 0) is 19.6 Å². The third-order valence-corrected chi connectivity index (χ3v) is 6.74. The molecule has 0 spiro atoms. The van der Waals surface area contributed by atoms with Gasteiger partial charge in [-0.1, -0.05) is 12.1 Å². The number of carbonyl (C=O) groups excluding carboxylic acids is 1. The van der Waals surface area contributed by atoms with Crippen LogP contribution in [0.2, 0.25) is 0 Å². The van der Waals surface area contributed by atoms with Gasteiger partial charge in [0.15, 0.2) is 0 Å². The Kier molecular flexibility index (Phi) is 4.87. The van der Waals surface area contributed by atoms with Gasteiger partial charge in [0.25, 0.3) is 0 Å². The highest BCUT2D eigenvalue weighted by Gasteiger charge is 2.40. The molecule has 3 aliphatic rings. The molecular formula is C17H24N4O4S. The van der Waals surface area contributed by atoms with Gasteiger partial charge in [0.1, 0.15) is 11.1 Å². The highest BCUT2D eigenvalue weighted by atomic mass is 32.2. The molecule has 2 fully saturated rings. The zero-order valence-electron chi connectivity index (χ0n) is 14.6. The number of likely N-dealkylation sites (tertiary alicyclic amines) is 1. The molecule has 3 heterocycles. The Balaban J connectivity index is 1.49. The van der Waals surface area contributed by atoms with Crippen molar-refractivity contribution in [2.45, 2.75) is 29.9 Å². The number of sulfonamides is 1. The molecule has 1 aromatic rings. The van der Waals surface area contributed by atoms with Crippen molar-refractivity contribution in [2.24, 2.45) is 0 Å². The van der Waals surface area contributed by atoms with Gasteiger partial charge in [-0.05, 0) is 25.0 Å². The van der Waals surface area contributed by atoms with E-state index in [4.69, 9.17) is 4.74 Å². The number of benzene rings is 1. The minimum absolute atomic E-state index is 0.0502. The number of ether oxygens (including phenoxy) is 1. The summed E-state index contributed by atoms with van der Waals surface area (Å²) in [6.07, 6.45) is 1.14. The zero-order chi connectivity index (χ0) is 18.1. The van der Waals surface area contributed by atoms with Crippen LogP contribution in [0.4, 0.5) is 5.69 Å². The van der Waals surface area contributed by atoms with Crippen molar-refractivity contribution >= 4 is 21.6 Å². The average molecular weight is 380 g/mol. The van der Waals surface area contributed by atoms with E-state index < -0.39 is 16.2 Å². The summed E-state index contributed by atoms with van der Waals surface area (Å²) >= 11 is 0. The fraction of sp³-hybridized carbons (Fsp3) is 0.588. The Morgan fingerprint density at radius 3 is 2.77 bits per heavy atom. The van der Waals surface area contributed by atoms with Crippen molar-refractivity contribution in [3.8, 4) is 0 Å². The number of nitrogens with zero attached hydrogens (tertiary/aromatic N) is 2. The van der Waals surface area contributed by atoms with Gasteiger partial charge in [0.05, 0.1) is 31.5 Å². The predicted molar refractivity (Wildman–Crippen MR) is 96.2 cm³/mol. The molecule has 0 aromatic heterocycles. The van der Waals surface area contributed by atoms with E-state index in [0.29, 0.717) is 32.0 Å². The first-order valence-corrected chi connectivity index (χ1v) is 10.5. The van der Waals surface area contributed by atoms with Crippen LogP contribution in [0.15, 0.2) is 29.2 Å². The van der Waals surface area contributed by atoms with Crippen LogP contribution >= 0.6 is 0 Å². The average Bonchev–Trinajstić information content (AvgIpc) is 3.12. The first-order chi connectivity index (χ1) is 12.5. The van der Waals surface area contributed by atoms with E-state index in [1.807, 2.05) is 4.90 Å². The molecule has 0 saturated carbocycles. The molecule has 142 valence electrons. The van der Waals surface area contributed by atoms with Crippen LogP contribution in [-0.4, -0.2) is 75.7 Å². The maximum atomic E-state index is 12.8. The number of amides is 1. The minimum atomic E-state index is -3.58. The molecule has 3 aliphatic heterocycles. The van der Waals surface area contributed by atoms with Gasteiger partial charge in [0, 0.05) is 19.6 Å². The maximum absolute atomic E-state index is 12.8. The Labute approximate surface area is 153 Å². The fourth-order valence-corrected chi connectivity index (χ4v) is 5.26. The van der Waals surface area contributed by atoms with Gasteiger partial charge in [-0.3, -0.25) is 9.69 Å². The second-order valence-corrected chi connectivity index (χ2v) is 8.61. The van der Waals surface area contributed by atoms with Crippen LogP contribution in [0.1, 0.15) is 12.8 Å². The van der Waals surface area contributed by atoms with Crippen LogP contribution in [0, 0.1) is 0 Å². The molecule has 0 radical (unpaired) electrons. The van der Waals surface area contributed by atoms with Gasteiger partial charge in [-0.15, -0.1) is 0 Å². The summed E-state index contributed by atoms with van der Waals surface area (Å²) in [5.41, 5.74) is 0.587. The van der Waals surface area contributed by atoms with E-state index in [1.54, 1.807) is 24.3 Å². The lowest BCUT2D eigenvalue weighted by molar-refractivity contribution is -0.134. The summed E-state index contributed by atoms with van der Waals surface area (Å²) in [7, 11) is -3.58. The summed E-state index contributed by atoms with van der Waals surface area (Å²) < 4.78 is 33.2. The smallest absolute Gasteiger partial charge is 0.244 e. The van der Waals surface area contributed by atoms with Crippen molar-refractivity contribution in [3.63, 3.8) is 0 Å². The number of fused-ring (bicyclic) bond motifs is 1. The van der Waals surface area contributed by atoms with Crippen molar-refractivity contribution in [1.82, 2.24) is 14.5 Å². The molecule has 2 unspecified atom stereocenters. The minimum Gasteiger partial charge on any atom is -0.379 e. The second-order valence-electron chi connectivity index (χ2n) is 6.92. The number of rotatable bonds is 3. The van der Waals surface area contributed by atoms with Crippen molar-refractivity contribution in [1.29, 1.82) is 0 Å². The molecule has 0 bridgehead atoms. The Morgan fingerprint density at radius 2 is 1.96 bits per heavy atom. The van der Waals surface area contributed by atoms with Crippen molar-refractivity contribution < 1.29 is 17.9 Å². The molecule has 2 atom stereocenters. The Morgan fingerprint density at radius 1 is 1.19 bits per heavy atom. The summed E-state index contributed by atoms with van der Waals surface area (Å²) in [6, 6.07) is 6.66. The van der Waals surface area contributed by atoms with E-state index in [2.05, 4.69) is 14.9 Å². The summed E-state index contributed by atoms with van der Waals surface area (Å²) in [4.78, 5) is 17.0. The van der Waals surface area contributed by atoms with E-state index >= 15 is 0 Å². The number of hydrogen-bond donors (Lipinski definition) is 2. The third-order valence-electron chi connectivity index (χ3n) is 5.24. The van der Waals surface area contributed by atoms with Crippen LogP contribution < -0.4 is 10.0 Å². The lowest BCUT2D eigenvalue weighted by atomic mass is 10.1. The Hall–Kier alpha value is -1.68. The van der Waals surface area contributed by atoms with E-state index in [0.717, 1.165) is 25.9 Å². The first-order valence-electron chi connectivity index (χ1n) is 9.02. The van der Waals surface area contributed by atoms with Gasteiger partial charge in [0.2, 0.25) is 15.9 Å². The normalized spacial score (nSPS) is 28.4. The SMILES string of the molecule is O=C(CN1CCOCC1)N1CCCC1C1Nc2ccccc2S(=O)(=O)N1. The molecular weight excluding hydrogens is 356 g/mol. The van der Waals surface area contributed by atoms with Gasteiger partial charge in [-0.2, -0.15) is 4.72 Å². The van der Waals surface area contributed by atoms with Gasteiger partial charge in [-0.25, -0.2) is 8.42 Å². The molecule has 9 heteroatoms. The summed E-state index contributed by atoms with van der Waals surface area (Å²) in [6.45, 7) is 3.83. The van der Waals surface area contributed by atoms with Crippen molar-refractivity contribution in [3.05, 3.63) is 24.3 Å². The molecule has 2 saturated heterocycles. The molecule has 2 N–H and O–H groups in total. The van der Waals surface area contributed by atoms with Crippen LogP contribution in [0.5, 0.6) is 0 Å². The van der Waals surface area contributed by atoms with E-state index in [9.17, 15) is 13.2 Å². The number of carbonyl (C=O) groups is 1. The largest absolute Gasteiger partial charge is 0.379 e. The van der Waals surface area contributed by atoms with Gasteiger partial charge >= 0.3 is 0 Å². The highest BCUT2D eigenvalue weighted by Crippen LogP contribution is 2.30. The molecule has 1 aromatic carbocycles. The maximum Gasteiger partial charge on any atom is 0.244 e. The molecule has 26 heavy (non-hydrogen) atoms. The second kappa shape index (κ2) is 7.15. The van der Waals surface area contributed by atoms with Crippen LogP contribution in [0.3, 0.4) is 0 Å². The first kappa shape index (κ1) is 17.7. The Bertz CT molecular complexity index is 779.